The number of rotatable bonds is 3. The second-order valence-corrected chi connectivity index (χ2v) is 6.04. The number of anilines is 1. The number of carbonyl (C=O) groups excluding carboxylic acids is 1. The maximum absolute atomic E-state index is 12.1. The maximum atomic E-state index is 12.1. The molecule has 6 nitrogen and oxygen atoms in total. The fraction of sp³-hybridized carbons (Fsp3) is 0.0714. The van der Waals surface area contributed by atoms with Crippen LogP contribution in [0.2, 0.25) is 0 Å². The average molecular weight is 306 g/mol. The number of nitrogens with two attached hydrogens (primary N) is 1. The molecule has 2 aromatic carbocycles. The minimum atomic E-state index is -3.83. The van der Waals surface area contributed by atoms with Crippen molar-refractivity contribution in [3.63, 3.8) is 0 Å². The number of sulfonamides is 1. The van der Waals surface area contributed by atoms with Gasteiger partial charge >= 0.3 is 0 Å². The normalized spacial score (nSPS) is 11.1. The van der Waals surface area contributed by atoms with Crippen molar-refractivity contribution in [1.82, 2.24) is 0 Å². The predicted molar refractivity (Wildman–Crippen MR) is 78.6 cm³/mol. The highest BCUT2D eigenvalue weighted by Crippen LogP contribution is 2.21. The van der Waals surface area contributed by atoms with Crippen LogP contribution in [0.25, 0.3) is 0 Å². The standard InChI is InChI=1S/C14H14N2O4S/c1-9-12(6-3-7-13(9)17)14(18)16-10-4-2-5-11(8-10)21(15,19)20/h2-8,17H,1H3,(H,16,18)(H2,15,19,20). The van der Waals surface area contributed by atoms with Gasteiger partial charge in [-0.05, 0) is 37.3 Å². The summed E-state index contributed by atoms with van der Waals surface area (Å²) in [5.74, 6) is -0.434. The van der Waals surface area contributed by atoms with Crippen molar-refractivity contribution in [1.29, 1.82) is 0 Å². The van der Waals surface area contributed by atoms with Crippen molar-refractivity contribution >= 4 is 21.6 Å². The van der Waals surface area contributed by atoms with E-state index in [4.69, 9.17) is 5.14 Å². The first kappa shape index (κ1) is 15.0. The highest BCUT2D eigenvalue weighted by molar-refractivity contribution is 7.89. The van der Waals surface area contributed by atoms with Crippen LogP contribution in [0.1, 0.15) is 15.9 Å². The zero-order valence-corrected chi connectivity index (χ0v) is 12.0. The van der Waals surface area contributed by atoms with Gasteiger partial charge in [0.25, 0.3) is 5.91 Å². The van der Waals surface area contributed by atoms with E-state index in [0.717, 1.165) is 0 Å². The number of benzene rings is 2. The topological polar surface area (TPSA) is 109 Å². The second kappa shape index (κ2) is 5.55. The SMILES string of the molecule is Cc1c(O)cccc1C(=O)Nc1cccc(S(N)(=O)=O)c1. The van der Waals surface area contributed by atoms with Gasteiger partial charge in [-0.3, -0.25) is 4.79 Å². The van der Waals surface area contributed by atoms with E-state index in [-0.39, 0.29) is 10.6 Å². The largest absolute Gasteiger partial charge is 0.508 e. The number of hydrogen-bond donors (Lipinski definition) is 3. The Morgan fingerprint density at radius 3 is 2.52 bits per heavy atom. The fourth-order valence-corrected chi connectivity index (χ4v) is 2.38. The van der Waals surface area contributed by atoms with Gasteiger partial charge in [-0.25, -0.2) is 13.6 Å². The lowest BCUT2D eigenvalue weighted by atomic mass is 10.1. The third-order valence-corrected chi connectivity index (χ3v) is 3.88. The van der Waals surface area contributed by atoms with Gasteiger partial charge in [-0.1, -0.05) is 12.1 Å². The molecule has 4 N–H and O–H groups in total. The number of hydrogen-bond acceptors (Lipinski definition) is 4. The molecule has 2 aromatic rings. The van der Waals surface area contributed by atoms with Crippen LogP contribution in [-0.2, 0) is 10.0 Å². The Labute approximate surface area is 122 Å². The first-order valence-corrected chi connectivity index (χ1v) is 7.56. The molecule has 0 heterocycles. The van der Waals surface area contributed by atoms with Gasteiger partial charge < -0.3 is 10.4 Å². The van der Waals surface area contributed by atoms with Gasteiger partial charge in [0.15, 0.2) is 0 Å². The van der Waals surface area contributed by atoms with Crippen LogP contribution in [0.4, 0.5) is 5.69 Å². The summed E-state index contributed by atoms with van der Waals surface area (Å²) in [7, 11) is -3.83. The van der Waals surface area contributed by atoms with Crippen LogP contribution in [-0.4, -0.2) is 19.4 Å². The van der Waals surface area contributed by atoms with Gasteiger partial charge in [0.1, 0.15) is 5.75 Å². The molecule has 0 aliphatic rings. The summed E-state index contributed by atoms with van der Waals surface area (Å²) in [4.78, 5) is 12.1. The summed E-state index contributed by atoms with van der Waals surface area (Å²) < 4.78 is 22.5. The molecular formula is C14H14N2O4S. The number of aromatic hydroxyl groups is 1. The van der Waals surface area contributed by atoms with E-state index in [1.807, 2.05) is 0 Å². The van der Waals surface area contributed by atoms with Gasteiger partial charge in [0, 0.05) is 16.8 Å². The molecule has 0 aromatic heterocycles. The average Bonchev–Trinajstić information content (AvgIpc) is 2.41. The lowest BCUT2D eigenvalue weighted by Crippen LogP contribution is -2.15. The molecule has 0 fully saturated rings. The molecule has 0 saturated carbocycles. The molecule has 0 bridgehead atoms. The molecule has 0 aliphatic carbocycles. The minimum Gasteiger partial charge on any atom is -0.508 e. The molecular weight excluding hydrogens is 292 g/mol. The van der Waals surface area contributed by atoms with E-state index in [2.05, 4.69) is 5.32 Å². The van der Waals surface area contributed by atoms with Crippen LogP contribution in [0.5, 0.6) is 5.75 Å². The molecule has 21 heavy (non-hydrogen) atoms. The highest BCUT2D eigenvalue weighted by Gasteiger charge is 2.13. The third kappa shape index (κ3) is 3.39. The molecule has 0 unspecified atom stereocenters. The number of phenolic OH excluding ortho intramolecular Hbond substituents is 1. The Kier molecular flexibility index (Phi) is 3.97. The molecule has 1 amide bonds. The van der Waals surface area contributed by atoms with Gasteiger partial charge in [0.05, 0.1) is 4.90 Å². The van der Waals surface area contributed by atoms with Crippen molar-refractivity contribution in [2.24, 2.45) is 5.14 Å². The summed E-state index contributed by atoms with van der Waals surface area (Å²) in [6, 6.07) is 10.2. The van der Waals surface area contributed by atoms with Gasteiger partial charge in [-0.2, -0.15) is 0 Å². The van der Waals surface area contributed by atoms with E-state index in [1.54, 1.807) is 25.1 Å². The molecule has 7 heteroatoms. The molecule has 0 saturated heterocycles. The summed E-state index contributed by atoms with van der Waals surface area (Å²) in [6.45, 7) is 1.62. The zero-order valence-electron chi connectivity index (χ0n) is 11.2. The minimum absolute atomic E-state index is 0.0148. The van der Waals surface area contributed by atoms with Crippen molar-refractivity contribution in [3.05, 3.63) is 53.6 Å². The monoisotopic (exact) mass is 306 g/mol. The number of primary sulfonamides is 1. The van der Waals surface area contributed by atoms with Crippen molar-refractivity contribution in [2.45, 2.75) is 11.8 Å². The van der Waals surface area contributed by atoms with Crippen LogP contribution < -0.4 is 10.5 Å². The Hall–Kier alpha value is -2.38. The lowest BCUT2D eigenvalue weighted by Gasteiger charge is -2.09. The number of nitrogens with one attached hydrogen (secondary N) is 1. The van der Waals surface area contributed by atoms with E-state index in [1.165, 1.54) is 24.3 Å². The number of amides is 1. The second-order valence-electron chi connectivity index (χ2n) is 4.48. The Morgan fingerprint density at radius 2 is 1.86 bits per heavy atom. The Balaban J connectivity index is 2.30. The smallest absolute Gasteiger partial charge is 0.256 e. The molecule has 0 aliphatic heterocycles. The molecule has 2 rings (SSSR count). The van der Waals surface area contributed by atoms with Crippen molar-refractivity contribution in [2.75, 3.05) is 5.32 Å². The van der Waals surface area contributed by atoms with Crippen molar-refractivity contribution in [3.8, 4) is 5.75 Å². The zero-order chi connectivity index (χ0) is 15.6. The number of phenols is 1. The molecule has 0 radical (unpaired) electrons. The molecule has 110 valence electrons. The molecule has 0 spiro atoms. The van der Waals surface area contributed by atoms with Crippen LogP contribution in [0.3, 0.4) is 0 Å². The van der Waals surface area contributed by atoms with E-state index < -0.39 is 15.9 Å². The molecule has 0 atom stereocenters. The van der Waals surface area contributed by atoms with Crippen LogP contribution in [0, 0.1) is 6.92 Å². The summed E-state index contributed by atoms with van der Waals surface area (Å²) in [6.07, 6.45) is 0. The quantitative estimate of drug-likeness (QED) is 0.800. The Morgan fingerprint density at radius 1 is 1.19 bits per heavy atom. The van der Waals surface area contributed by atoms with Gasteiger partial charge in [0.2, 0.25) is 10.0 Å². The Bertz CT molecular complexity index is 800. The van der Waals surface area contributed by atoms with Crippen molar-refractivity contribution < 1.29 is 18.3 Å². The fourth-order valence-electron chi connectivity index (χ4n) is 1.82. The highest BCUT2D eigenvalue weighted by atomic mass is 32.2. The van der Waals surface area contributed by atoms with Crippen LogP contribution in [0.15, 0.2) is 47.4 Å². The first-order valence-electron chi connectivity index (χ1n) is 6.02. The number of carbonyl (C=O) groups is 1. The van der Waals surface area contributed by atoms with Crippen LogP contribution >= 0.6 is 0 Å². The van der Waals surface area contributed by atoms with Gasteiger partial charge in [-0.15, -0.1) is 0 Å². The van der Waals surface area contributed by atoms with E-state index >= 15 is 0 Å². The van der Waals surface area contributed by atoms with E-state index in [9.17, 15) is 18.3 Å². The first-order chi connectivity index (χ1) is 9.79. The predicted octanol–water partition coefficient (Wildman–Crippen LogP) is 1.60. The summed E-state index contributed by atoms with van der Waals surface area (Å²) in [5.41, 5.74) is 1.04. The van der Waals surface area contributed by atoms with E-state index in [0.29, 0.717) is 16.8 Å². The summed E-state index contributed by atoms with van der Waals surface area (Å²) in [5, 5.41) is 17.2. The summed E-state index contributed by atoms with van der Waals surface area (Å²) >= 11 is 0. The third-order valence-electron chi connectivity index (χ3n) is 2.97. The lowest BCUT2D eigenvalue weighted by molar-refractivity contribution is 0.102. The maximum Gasteiger partial charge on any atom is 0.256 e.